The molecule has 1 nitrogen and oxygen atoms in total. The van der Waals surface area contributed by atoms with Crippen molar-refractivity contribution in [2.75, 3.05) is 0 Å². The lowest BCUT2D eigenvalue weighted by molar-refractivity contribution is 0.282. The lowest BCUT2D eigenvalue weighted by atomic mass is 10.2. The van der Waals surface area contributed by atoms with Gasteiger partial charge in [-0.25, -0.2) is 0 Å². The molecule has 2 heteroatoms. The number of aliphatic hydroxyl groups is 1. The Morgan fingerprint density at radius 2 is 1.17 bits per heavy atom. The molecule has 0 aromatic heterocycles. The molecule has 0 saturated carbocycles. The smallest absolute Gasteiger partial charge is 0.0681 e. The highest BCUT2D eigenvalue weighted by Crippen LogP contribution is 2.06. The zero-order chi connectivity index (χ0) is 13.4. The number of aryl methyl sites for hydroxylation is 2. The normalized spacial score (nSPS) is 9.56. The van der Waals surface area contributed by atoms with Gasteiger partial charge in [0.15, 0.2) is 0 Å². The van der Waals surface area contributed by atoms with Crippen LogP contribution in [0.2, 0.25) is 0 Å². The summed E-state index contributed by atoms with van der Waals surface area (Å²) in [5.41, 5.74) is 4.85. The number of hydrogen-bond acceptors (Lipinski definition) is 1. The first-order valence-electron chi connectivity index (χ1n) is 5.93. The van der Waals surface area contributed by atoms with E-state index in [1.54, 1.807) is 0 Å². The Morgan fingerprint density at radius 1 is 0.778 bits per heavy atom. The van der Waals surface area contributed by atoms with E-state index in [4.69, 9.17) is 5.11 Å². The summed E-state index contributed by atoms with van der Waals surface area (Å²) in [6.07, 6.45) is 0. The second-order valence-electron chi connectivity index (χ2n) is 4.26. The molecule has 96 valence electrons. The molecule has 2 aromatic rings. The summed E-state index contributed by atoms with van der Waals surface area (Å²) in [5, 5.41) is 9.58. The highest BCUT2D eigenvalue weighted by Gasteiger charge is 1.86. The maximum atomic E-state index is 8.63. The van der Waals surface area contributed by atoms with Crippen LogP contribution in [-0.2, 0) is 11.9 Å². The van der Waals surface area contributed by atoms with Gasteiger partial charge in [-0.15, -0.1) is 0 Å². The third-order valence-electron chi connectivity index (χ3n) is 2.58. The third-order valence-corrected chi connectivity index (χ3v) is 3.23. The number of alkyl halides is 1. The van der Waals surface area contributed by atoms with Crippen molar-refractivity contribution in [2.24, 2.45) is 0 Å². The Labute approximate surface area is 118 Å². The average molecular weight is 307 g/mol. The molecule has 2 aromatic carbocycles. The van der Waals surface area contributed by atoms with Crippen molar-refractivity contribution >= 4 is 15.9 Å². The number of rotatable bonds is 2. The van der Waals surface area contributed by atoms with Gasteiger partial charge in [0, 0.05) is 5.33 Å². The molecule has 0 aliphatic heterocycles. The molecule has 0 unspecified atom stereocenters. The Morgan fingerprint density at radius 3 is 1.50 bits per heavy atom. The maximum absolute atomic E-state index is 8.63. The first-order valence-corrected chi connectivity index (χ1v) is 7.05. The van der Waals surface area contributed by atoms with E-state index in [1.807, 2.05) is 31.2 Å². The van der Waals surface area contributed by atoms with Crippen molar-refractivity contribution in [3.8, 4) is 0 Å². The van der Waals surface area contributed by atoms with Gasteiger partial charge < -0.3 is 5.11 Å². The van der Waals surface area contributed by atoms with Crippen LogP contribution >= 0.6 is 15.9 Å². The van der Waals surface area contributed by atoms with Crippen LogP contribution in [0, 0.1) is 13.8 Å². The summed E-state index contributed by atoms with van der Waals surface area (Å²) in [5.74, 6) is 0. The van der Waals surface area contributed by atoms with Crippen LogP contribution in [-0.4, -0.2) is 5.11 Å². The monoisotopic (exact) mass is 306 g/mol. The van der Waals surface area contributed by atoms with Crippen molar-refractivity contribution in [1.29, 1.82) is 0 Å². The second kappa shape index (κ2) is 8.06. The molecular formula is C16H19BrO. The zero-order valence-electron chi connectivity index (χ0n) is 10.9. The molecule has 0 amide bonds. The minimum atomic E-state index is 0.139. The lowest BCUT2D eigenvalue weighted by Gasteiger charge is -1.93. The van der Waals surface area contributed by atoms with Crippen molar-refractivity contribution in [3.05, 3.63) is 70.8 Å². The molecule has 0 spiro atoms. The predicted octanol–water partition coefficient (Wildman–Crippen LogP) is 4.38. The van der Waals surface area contributed by atoms with Gasteiger partial charge in [-0.05, 0) is 25.0 Å². The van der Waals surface area contributed by atoms with Gasteiger partial charge in [-0.2, -0.15) is 0 Å². The number of hydrogen-bond donors (Lipinski definition) is 1. The molecular weight excluding hydrogens is 288 g/mol. The van der Waals surface area contributed by atoms with Crippen molar-refractivity contribution in [2.45, 2.75) is 25.8 Å². The van der Waals surface area contributed by atoms with E-state index in [1.165, 1.54) is 16.7 Å². The van der Waals surface area contributed by atoms with Crippen LogP contribution in [0.5, 0.6) is 0 Å². The number of benzene rings is 2. The quantitative estimate of drug-likeness (QED) is 0.817. The highest BCUT2D eigenvalue weighted by molar-refractivity contribution is 9.08. The van der Waals surface area contributed by atoms with E-state index in [2.05, 4.69) is 47.1 Å². The zero-order valence-corrected chi connectivity index (χ0v) is 12.4. The van der Waals surface area contributed by atoms with E-state index >= 15 is 0 Å². The number of halogens is 1. The molecule has 1 N–H and O–H groups in total. The molecule has 0 aliphatic rings. The lowest BCUT2D eigenvalue weighted by Crippen LogP contribution is -1.80. The molecule has 0 saturated heterocycles. The standard InChI is InChI=1S/C8H9Br.C8H10O/c2*1-7-2-4-8(6-9)5-3-7/h2-5H,6H2,1H3;2-5,9H,6H2,1H3. The van der Waals surface area contributed by atoms with Gasteiger partial charge in [0.25, 0.3) is 0 Å². The van der Waals surface area contributed by atoms with Gasteiger partial charge in [0.1, 0.15) is 0 Å². The van der Waals surface area contributed by atoms with Crippen LogP contribution in [0.3, 0.4) is 0 Å². The van der Waals surface area contributed by atoms with Crippen LogP contribution in [0.4, 0.5) is 0 Å². The van der Waals surface area contributed by atoms with E-state index < -0.39 is 0 Å². The molecule has 18 heavy (non-hydrogen) atoms. The van der Waals surface area contributed by atoms with Crippen LogP contribution in [0.1, 0.15) is 22.3 Å². The Bertz CT molecular complexity index is 400. The van der Waals surface area contributed by atoms with Gasteiger partial charge in [0.05, 0.1) is 6.61 Å². The summed E-state index contributed by atoms with van der Waals surface area (Å²) >= 11 is 3.38. The van der Waals surface area contributed by atoms with E-state index in [-0.39, 0.29) is 6.61 Å². The topological polar surface area (TPSA) is 20.2 Å². The summed E-state index contributed by atoms with van der Waals surface area (Å²) in [6.45, 7) is 4.26. The van der Waals surface area contributed by atoms with Crippen molar-refractivity contribution < 1.29 is 5.11 Å². The fourth-order valence-corrected chi connectivity index (χ4v) is 1.74. The molecule has 0 aliphatic carbocycles. The largest absolute Gasteiger partial charge is 0.392 e. The minimum absolute atomic E-state index is 0.139. The van der Waals surface area contributed by atoms with Crippen LogP contribution in [0.25, 0.3) is 0 Å². The fraction of sp³-hybridized carbons (Fsp3) is 0.250. The molecule has 0 fully saturated rings. The third kappa shape index (κ3) is 5.48. The fourth-order valence-electron chi connectivity index (χ4n) is 1.37. The summed E-state index contributed by atoms with van der Waals surface area (Å²) < 4.78 is 0. The van der Waals surface area contributed by atoms with Crippen molar-refractivity contribution in [1.82, 2.24) is 0 Å². The second-order valence-corrected chi connectivity index (χ2v) is 4.82. The number of aliphatic hydroxyl groups excluding tert-OH is 1. The highest BCUT2D eigenvalue weighted by atomic mass is 79.9. The minimum Gasteiger partial charge on any atom is -0.392 e. The SMILES string of the molecule is Cc1ccc(CBr)cc1.Cc1ccc(CO)cc1. The Hall–Kier alpha value is -1.12. The molecule has 2 rings (SSSR count). The maximum Gasteiger partial charge on any atom is 0.0681 e. The van der Waals surface area contributed by atoms with E-state index in [9.17, 15) is 0 Å². The molecule has 0 atom stereocenters. The first-order chi connectivity index (χ1) is 8.65. The molecule has 0 radical (unpaired) electrons. The summed E-state index contributed by atoms with van der Waals surface area (Å²) in [7, 11) is 0. The summed E-state index contributed by atoms with van der Waals surface area (Å²) in [6, 6.07) is 16.3. The van der Waals surface area contributed by atoms with Crippen LogP contribution < -0.4 is 0 Å². The Kier molecular flexibility index (Phi) is 6.69. The average Bonchev–Trinajstić information content (AvgIpc) is 2.41. The van der Waals surface area contributed by atoms with Gasteiger partial charge in [0.2, 0.25) is 0 Å². The summed E-state index contributed by atoms with van der Waals surface area (Å²) in [4.78, 5) is 0. The van der Waals surface area contributed by atoms with Gasteiger partial charge in [-0.1, -0.05) is 75.6 Å². The molecule has 0 bridgehead atoms. The van der Waals surface area contributed by atoms with Crippen molar-refractivity contribution in [3.63, 3.8) is 0 Å². The Balaban J connectivity index is 0.000000180. The van der Waals surface area contributed by atoms with Gasteiger partial charge >= 0.3 is 0 Å². The predicted molar refractivity (Wildman–Crippen MR) is 80.9 cm³/mol. The molecule has 0 heterocycles. The van der Waals surface area contributed by atoms with E-state index in [0.29, 0.717) is 0 Å². The van der Waals surface area contributed by atoms with Crippen LogP contribution in [0.15, 0.2) is 48.5 Å². The first kappa shape index (κ1) is 14.9. The van der Waals surface area contributed by atoms with E-state index in [0.717, 1.165) is 10.9 Å². The van der Waals surface area contributed by atoms with Gasteiger partial charge in [-0.3, -0.25) is 0 Å².